The van der Waals surface area contributed by atoms with Crippen LogP contribution in [0.15, 0.2) is 141 Å². The fraction of sp³-hybridized carbons (Fsp3) is 0.143. The number of rotatable bonds is 7. The molecule has 52 heavy (non-hydrogen) atoms. The third kappa shape index (κ3) is 5.36. The topological polar surface area (TPSA) is 31.2 Å². The van der Waals surface area contributed by atoms with E-state index in [9.17, 15) is 0 Å². The molecule has 0 spiro atoms. The summed E-state index contributed by atoms with van der Waals surface area (Å²) in [5.41, 5.74) is 12.3. The van der Waals surface area contributed by atoms with E-state index in [2.05, 4.69) is 153 Å². The van der Waals surface area contributed by atoms with Crippen molar-refractivity contribution in [1.29, 1.82) is 0 Å². The van der Waals surface area contributed by atoms with E-state index in [0.29, 0.717) is 0 Å². The molecular weight excluding hydrogens is 635 g/mol. The Labute approximate surface area is 303 Å². The maximum atomic E-state index is 6.69. The van der Waals surface area contributed by atoms with E-state index in [1.54, 1.807) is 0 Å². The number of aryl methyl sites for hydroxylation is 1. The van der Waals surface area contributed by atoms with Gasteiger partial charge in [-0.15, -0.1) is 0 Å². The van der Waals surface area contributed by atoms with Gasteiger partial charge in [-0.1, -0.05) is 123 Å². The van der Waals surface area contributed by atoms with Crippen molar-refractivity contribution in [2.24, 2.45) is 0 Å². The molecule has 3 aromatic heterocycles. The Bertz CT molecular complexity index is 2980. The Morgan fingerprint density at radius 1 is 0.788 bits per heavy atom. The number of nitrogens with zero attached hydrogens (tertiary/aromatic N) is 1. The lowest BCUT2D eigenvalue weighted by Gasteiger charge is -2.11. The Hall–Kier alpha value is -6.06. The van der Waals surface area contributed by atoms with Gasteiger partial charge in [-0.3, -0.25) is 0 Å². The molecule has 2 aliphatic carbocycles. The number of aromatic nitrogens is 1. The highest BCUT2D eigenvalue weighted by molar-refractivity contribution is 6.08. The van der Waals surface area contributed by atoms with Crippen LogP contribution in [-0.4, -0.2) is 4.57 Å². The average molecular weight is 676 g/mol. The molecule has 0 atom stereocenters. The molecule has 0 unspecified atom stereocenters. The highest BCUT2D eigenvalue weighted by Crippen LogP contribution is 2.34. The maximum Gasteiger partial charge on any atom is 0.159 e. The summed E-state index contributed by atoms with van der Waals surface area (Å²) in [6, 6.07) is 27.8. The van der Waals surface area contributed by atoms with E-state index in [-0.39, 0.29) is 0 Å². The van der Waals surface area contributed by atoms with Crippen LogP contribution in [0.3, 0.4) is 0 Å². The molecule has 0 aliphatic heterocycles. The van der Waals surface area contributed by atoms with Gasteiger partial charge in [-0.2, -0.15) is 0 Å². The summed E-state index contributed by atoms with van der Waals surface area (Å²) in [6.07, 6.45) is 28.7. The first-order valence-corrected chi connectivity index (χ1v) is 18.5. The summed E-state index contributed by atoms with van der Waals surface area (Å²) in [5, 5.41) is 8.27. The summed E-state index contributed by atoms with van der Waals surface area (Å²) in [6.45, 7) is 6.56. The van der Waals surface area contributed by atoms with E-state index in [0.717, 1.165) is 74.9 Å². The maximum absolute atomic E-state index is 6.69. The third-order valence-corrected chi connectivity index (χ3v) is 10.5. The van der Waals surface area contributed by atoms with Crippen molar-refractivity contribution in [2.45, 2.75) is 46.5 Å². The van der Waals surface area contributed by atoms with E-state index in [1.807, 2.05) is 18.2 Å². The van der Waals surface area contributed by atoms with Crippen LogP contribution in [0.25, 0.3) is 79.9 Å². The predicted molar refractivity (Wildman–Crippen MR) is 220 cm³/mol. The smallest absolute Gasteiger partial charge is 0.159 e. The number of hydrogen-bond donors (Lipinski definition) is 0. The molecule has 0 radical (unpaired) electrons. The molecule has 4 aromatic carbocycles. The second-order valence-corrected chi connectivity index (χ2v) is 13.8. The fourth-order valence-electron chi connectivity index (χ4n) is 8.04. The highest BCUT2D eigenvalue weighted by Gasteiger charge is 2.20. The van der Waals surface area contributed by atoms with Gasteiger partial charge in [0.2, 0.25) is 0 Å². The van der Waals surface area contributed by atoms with Gasteiger partial charge in [0.25, 0.3) is 0 Å². The van der Waals surface area contributed by atoms with Crippen LogP contribution < -0.4 is 21.2 Å². The molecule has 0 fully saturated rings. The molecule has 0 amide bonds. The van der Waals surface area contributed by atoms with Gasteiger partial charge in [-0.25, -0.2) is 0 Å². The zero-order chi connectivity index (χ0) is 35.2. The second-order valence-electron chi connectivity index (χ2n) is 13.8. The van der Waals surface area contributed by atoms with Crippen LogP contribution in [0.2, 0.25) is 0 Å². The first-order chi connectivity index (χ1) is 25.6. The molecule has 3 nitrogen and oxygen atoms in total. The molecule has 2 aliphatic rings. The zero-order valence-electron chi connectivity index (χ0n) is 29.9. The molecule has 0 N–H and O–H groups in total. The van der Waals surface area contributed by atoms with Crippen LogP contribution >= 0.6 is 0 Å². The zero-order valence-corrected chi connectivity index (χ0v) is 29.9. The lowest BCUT2D eigenvalue weighted by atomic mass is 9.98. The van der Waals surface area contributed by atoms with Gasteiger partial charge in [0.05, 0.1) is 16.6 Å². The first-order valence-electron chi connectivity index (χ1n) is 18.5. The molecule has 254 valence electrons. The average Bonchev–Trinajstić information content (AvgIpc) is 3.69. The minimum Gasteiger partial charge on any atom is -0.456 e. The van der Waals surface area contributed by atoms with Crippen LogP contribution in [0.4, 0.5) is 0 Å². The normalized spacial score (nSPS) is 14.9. The number of furan rings is 2. The van der Waals surface area contributed by atoms with Crippen molar-refractivity contribution in [3.8, 4) is 5.69 Å². The van der Waals surface area contributed by atoms with Gasteiger partial charge < -0.3 is 13.4 Å². The van der Waals surface area contributed by atoms with Crippen LogP contribution in [0.5, 0.6) is 0 Å². The van der Waals surface area contributed by atoms with Crippen LogP contribution in [-0.2, 0) is 0 Å². The number of para-hydroxylation sites is 3. The summed E-state index contributed by atoms with van der Waals surface area (Å²) in [4.78, 5) is 0. The molecule has 0 saturated carbocycles. The van der Waals surface area contributed by atoms with Crippen LogP contribution in [0, 0.1) is 6.92 Å². The third-order valence-electron chi connectivity index (χ3n) is 10.5. The summed E-state index contributed by atoms with van der Waals surface area (Å²) in [7, 11) is 0. The first kappa shape index (κ1) is 31.9. The van der Waals surface area contributed by atoms with Crippen molar-refractivity contribution in [1.82, 2.24) is 4.57 Å². The van der Waals surface area contributed by atoms with Crippen LogP contribution in [0.1, 0.15) is 50.7 Å². The highest BCUT2D eigenvalue weighted by atomic mass is 16.3. The standard InChI is InChI=1S/C49H41NO2/c1-4-6-7-15-33(14-5-2)30-41-32(3)24-28-42-48(41)40-20-12-16-35(34-25-27-38-36-17-8-10-22-45(36)51-47(38)29-26-34)31-44(40)50(42)43-21-13-19-39-37-18-9-11-23-46(37)52-49(39)43/h4,6-11,13,15-25,27-31H,5,12,14,26H2,1-3H3/b6-4-,15-7-,33-30+. The minimum atomic E-state index is 0.784. The number of hydrogen-bond acceptors (Lipinski definition) is 2. The van der Waals surface area contributed by atoms with Crippen molar-refractivity contribution in [3.63, 3.8) is 0 Å². The monoisotopic (exact) mass is 675 g/mol. The van der Waals surface area contributed by atoms with Gasteiger partial charge >= 0.3 is 0 Å². The summed E-state index contributed by atoms with van der Waals surface area (Å²) < 4.78 is 15.4. The largest absolute Gasteiger partial charge is 0.456 e. The molecule has 7 aromatic rings. The number of benzene rings is 4. The minimum absolute atomic E-state index is 0.784. The molecule has 0 bridgehead atoms. The fourth-order valence-corrected chi connectivity index (χ4v) is 8.04. The molecule has 9 rings (SSSR count). The Kier molecular flexibility index (Phi) is 8.12. The number of allylic oxidation sites excluding steroid dienone is 9. The molecule has 3 heterocycles. The van der Waals surface area contributed by atoms with Gasteiger partial charge in [0.15, 0.2) is 5.58 Å². The van der Waals surface area contributed by atoms with Gasteiger partial charge in [0.1, 0.15) is 16.6 Å². The van der Waals surface area contributed by atoms with Crippen molar-refractivity contribution >= 4 is 74.2 Å². The molecular formula is C49H41NO2. The van der Waals surface area contributed by atoms with E-state index in [1.165, 1.54) is 49.3 Å². The van der Waals surface area contributed by atoms with E-state index >= 15 is 0 Å². The SMILES string of the molecule is C\C=C/C=C\C(=C\c1c(C)ccc2c1c1c(n2-c2cccc3c2oc2ccccc23)=CC(C2=CC=c3c(oc4ccccc34)=CC2)=CCC=1)CCC. The Balaban J connectivity index is 1.33. The lowest BCUT2D eigenvalue weighted by molar-refractivity contribution is 0.574. The molecule has 3 heteroatoms. The van der Waals surface area contributed by atoms with Gasteiger partial charge in [0, 0.05) is 32.0 Å². The quantitative estimate of drug-likeness (QED) is 0.158. The van der Waals surface area contributed by atoms with E-state index in [4.69, 9.17) is 8.83 Å². The van der Waals surface area contributed by atoms with Gasteiger partial charge in [-0.05, 0) is 97.4 Å². The van der Waals surface area contributed by atoms with Crippen molar-refractivity contribution < 1.29 is 8.83 Å². The molecule has 0 saturated heterocycles. The predicted octanol–water partition coefficient (Wildman–Crippen LogP) is 10.4. The summed E-state index contributed by atoms with van der Waals surface area (Å²) >= 11 is 0. The lowest BCUT2D eigenvalue weighted by Crippen LogP contribution is -2.28. The van der Waals surface area contributed by atoms with Crippen molar-refractivity contribution in [3.05, 3.63) is 164 Å². The second kappa shape index (κ2) is 13.2. The van der Waals surface area contributed by atoms with Crippen molar-refractivity contribution in [2.75, 3.05) is 0 Å². The Morgan fingerprint density at radius 2 is 1.60 bits per heavy atom. The summed E-state index contributed by atoms with van der Waals surface area (Å²) in [5.74, 6) is 0. The Morgan fingerprint density at radius 3 is 2.44 bits per heavy atom. The van der Waals surface area contributed by atoms with E-state index < -0.39 is 0 Å². The number of fused-ring (bicyclic) bond motifs is 9.